The molecule has 0 aliphatic carbocycles. The molecule has 0 unspecified atom stereocenters. The minimum atomic E-state index is -0.528. The number of hydrogen-bond donors (Lipinski definition) is 0. The smallest absolute Gasteiger partial charge is 0.172 e. The average Bonchev–Trinajstić information content (AvgIpc) is 2.42. The van der Waals surface area contributed by atoms with Crippen molar-refractivity contribution in [2.24, 2.45) is 0 Å². The molecule has 0 fully saturated rings. The fourth-order valence-corrected chi connectivity index (χ4v) is 1.22. The molecule has 2 aromatic rings. The minimum absolute atomic E-state index is 0.00694. The van der Waals surface area contributed by atoms with Gasteiger partial charge in [-0.25, -0.2) is 8.78 Å². The molecule has 0 amide bonds. The Morgan fingerprint density at radius 1 is 1.17 bits per heavy atom. The van der Waals surface area contributed by atoms with Crippen molar-refractivity contribution in [3.05, 3.63) is 35.6 Å². The highest BCUT2D eigenvalue weighted by Crippen LogP contribution is 2.25. The number of benzene rings is 1. The van der Waals surface area contributed by atoms with Crippen LogP contribution in [0.25, 0.3) is 11.0 Å². The summed E-state index contributed by atoms with van der Waals surface area (Å²) in [7, 11) is 0. The van der Waals surface area contributed by atoms with Crippen LogP contribution in [0.4, 0.5) is 8.78 Å². The Labute approximate surface area is 67.6 Å². The Bertz CT molecular complexity index is 431. The lowest BCUT2D eigenvalue weighted by Crippen LogP contribution is -1.80. The highest BCUT2D eigenvalue weighted by atomic mass is 19.1. The van der Waals surface area contributed by atoms with Gasteiger partial charge in [0.2, 0.25) is 0 Å². The zero-order chi connectivity index (χ0) is 8.72. The zero-order valence-electron chi connectivity index (χ0n) is 6.40. The fourth-order valence-electron chi connectivity index (χ4n) is 1.22. The molecule has 1 heterocycles. The van der Waals surface area contributed by atoms with Crippen LogP contribution < -0.4 is 0 Å². The summed E-state index contributed by atoms with van der Waals surface area (Å²) in [5, 5.41) is 0.231. The van der Waals surface area contributed by atoms with Crippen LogP contribution in [-0.2, 0) is 0 Å². The molecule has 3 heteroatoms. The van der Waals surface area contributed by atoms with Crippen LogP contribution >= 0.6 is 0 Å². The number of aryl methyl sites for hydroxylation is 1. The molecule has 0 atom stereocenters. The van der Waals surface area contributed by atoms with E-state index in [9.17, 15) is 8.78 Å². The van der Waals surface area contributed by atoms with E-state index in [0.29, 0.717) is 5.56 Å². The molecule has 0 N–H and O–H groups in total. The molecule has 12 heavy (non-hydrogen) atoms. The summed E-state index contributed by atoms with van der Waals surface area (Å²) in [6.45, 7) is 1.67. The van der Waals surface area contributed by atoms with Gasteiger partial charge in [-0.1, -0.05) is 0 Å². The number of hydrogen-bond acceptors (Lipinski definition) is 1. The first-order valence-electron chi connectivity index (χ1n) is 3.52. The van der Waals surface area contributed by atoms with E-state index in [-0.39, 0.29) is 11.0 Å². The second-order valence-electron chi connectivity index (χ2n) is 2.65. The first kappa shape index (κ1) is 7.28. The molecule has 2 rings (SSSR count). The largest absolute Gasteiger partial charge is 0.461 e. The monoisotopic (exact) mass is 168 g/mol. The molecule has 0 bridgehead atoms. The standard InChI is InChI=1S/C9H6F2O/c1-5-4-12-9-7(11)3-2-6(10)8(5)9/h2-4H,1H3. The van der Waals surface area contributed by atoms with Crippen LogP contribution in [0.3, 0.4) is 0 Å². The molecule has 0 aliphatic rings. The van der Waals surface area contributed by atoms with Crippen molar-refractivity contribution in [1.82, 2.24) is 0 Å². The van der Waals surface area contributed by atoms with Gasteiger partial charge in [-0.3, -0.25) is 0 Å². The molecule has 1 aromatic heterocycles. The normalized spacial score (nSPS) is 10.9. The molecule has 62 valence electrons. The number of halogens is 2. The minimum Gasteiger partial charge on any atom is -0.461 e. The third-order valence-corrected chi connectivity index (χ3v) is 1.81. The lowest BCUT2D eigenvalue weighted by molar-refractivity contribution is 0.554. The Morgan fingerprint density at radius 2 is 1.83 bits per heavy atom. The van der Waals surface area contributed by atoms with Gasteiger partial charge < -0.3 is 4.42 Å². The second-order valence-corrected chi connectivity index (χ2v) is 2.65. The molecular weight excluding hydrogens is 162 g/mol. The maximum absolute atomic E-state index is 13.0. The summed E-state index contributed by atoms with van der Waals surface area (Å²) in [5.41, 5.74) is 0.606. The third kappa shape index (κ3) is 0.826. The third-order valence-electron chi connectivity index (χ3n) is 1.81. The maximum Gasteiger partial charge on any atom is 0.172 e. The lowest BCUT2D eigenvalue weighted by Gasteiger charge is -1.92. The van der Waals surface area contributed by atoms with Gasteiger partial charge in [0, 0.05) is 0 Å². The predicted molar refractivity (Wildman–Crippen MR) is 40.9 cm³/mol. The van der Waals surface area contributed by atoms with E-state index in [1.54, 1.807) is 6.92 Å². The Morgan fingerprint density at radius 3 is 2.50 bits per heavy atom. The van der Waals surface area contributed by atoms with Crippen LogP contribution in [0.2, 0.25) is 0 Å². The summed E-state index contributed by atoms with van der Waals surface area (Å²) in [6.07, 6.45) is 1.34. The van der Waals surface area contributed by atoms with Gasteiger partial charge >= 0.3 is 0 Å². The van der Waals surface area contributed by atoms with Crippen LogP contribution in [0.1, 0.15) is 5.56 Å². The van der Waals surface area contributed by atoms with Gasteiger partial charge in [-0.05, 0) is 24.6 Å². The van der Waals surface area contributed by atoms with Crippen LogP contribution in [-0.4, -0.2) is 0 Å². The summed E-state index contributed by atoms with van der Waals surface area (Å²) < 4.78 is 30.8. The van der Waals surface area contributed by atoms with Crippen molar-refractivity contribution in [2.45, 2.75) is 6.92 Å². The number of furan rings is 1. The van der Waals surface area contributed by atoms with E-state index in [1.807, 2.05) is 0 Å². The summed E-state index contributed by atoms with van der Waals surface area (Å²) in [4.78, 5) is 0. The van der Waals surface area contributed by atoms with E-state index >= 15 is 0 Å². The van der Waals surface area contributed by atoms with Gasteiger partial charge in [-0.15, -0.1) is 0 Å². The fraction of sp³-hybridized carbons (Fsp3) is 0.111. The molecular formula is C9H6F2O. The van der Waals surface area contributed by atoms with Crippen LogP contribution in [0.5, 0.6) is 0 Å². The first-order valence-corrected chi connectivity index (χ1v) is 3.52. The predicted octanol–water partition coefficient (Wildman–Crippen LogP) is 3.02. The second kappa shape index (κ2) is 2.30. The topological polar surface area (TPSA) is 13.1 Å². The van der Waals surface area contributed by atoms with Gasteiger partial charge in [-0.2, -0.15) is 0 Å². The van der Waals surface area contributed by atoms with E-state index < -0.39 is 11.6 Å². The molecule has 1 nitrogen and oxygen atoms in total. The quantitative estimate of drug-likeness (QED) is 0.589. The van der Waals surface area contributed by atoms with Gasteiger partial charge in [0.25, 0.3) is 0 Å². The van der Waals surface area contributed by atoms with Crippen molar-refractivity contribution in [3.63, 3.8) is 0 Å². The van der Waals surface area contributed by atoms with Crippen molar-refractivity contribution >= 4 is 11.0 Å². The van der Waals surface area contributed by atoms with Gasteiger partial charge in [0.15, 0.2) is 11.4 Å². The molecule has 0 radical (unpaired) electrons. The van der Waals surface area contributed by atoms with E-state index in [2.05, 4.69) is 0 Å². The van der Waals surface area contributed by atoms with Gasteiger partial charge in [0.05, 0.1) is 11.6 Å². The first-order chi connectivity index (χ1) is 5.70. The van der Waals surface area contributed by atoms with E-state index in [0.717, 1.165) is 12.1 Å². The Kier molecular flexibility index (Phi) is 1.40. The van der Waals surface area contributed by atoms with Crippen molar-refractivity contribution in [2.75, 3.05) is 0 Å². The lowest BCUT2D eigenvalue weighted by atomic mass is 10.2. The summed E-state index contributed by atoms with van der Waals surface area (Å²) >= 11 is 0. The number of fused-ring (bicyclic) bond motifs is 1. The van der Waals surface area contributed by atoms with E-state index in [1.165, 1.54) is 6.26 Å². The van der Waals surface area contributed by atoms with Crippen molar-refractivity contribution in [3.8, 4) is 0 Å². The number of rotatable bonds is 0. The Hall–Kier alpha value is -1.38. The molecule has 0 aliphatic heterocycles. The van der Waals surface area contributed by atoms with Gasteiger partial charge in [0.1, 0.15) is 5.82 Å². The Balaban J connectivity index is 2.98. The van der Waals surface area contributed by atoms with Crippen LogP contribution in [0.15, 0.2) is 22.8 Å². The molecule has 0 spiro atoms. The molecule has 1 aromatic carbocycles. The molecule has 0 saturated heterocycles. The maximum atomic E-state index is 13.0. The highest BCUT2D eigenvalue weighted by Gasteiger charge is 2.11. The van der Waals surface area contributed by atoms with Crippen molar-refractivity contribution < 1.29 is 13.2 Å². The summed E-state index contributed by atoms with van der Waals surface area (Å²) in [6, 6.07) is 2.15. The molecule has 0 saturated carbocycles. The average molecular weight is 168 g/mol. The summed E-state index contributed by atoms with van der Waals surface area (Å²) in [5.74, 6) is -0.975. The highest BCUT2D eigenvalue weighted by molar-refractivity contribution is 5.81. The van der Waals surface area contributed by atoms with Crippen molar-refractivity contribution in [1.29, 1.82) is 0 Å². The SMILES string of the molecule is Cc1coc2c(F)ccc(F)c12. The van der Waals surface area contributed by atoms with E-state index in [4.69, 9.17) is 4.42 Å². The zero-order valence-corrected chi connectivity index (χ0v) is 6.40. The van der Waals surface area contributed by atoms with Crippen LogP contribution in [0, 0.1) is 18.6 Å².